The van der Waals surface area contributed by atoms with Crippen molar-refractivity contribution in [3.63, 3.8) is 0 Å². The van der Waals surface area contributed by atoms with Gasteiger partial charge >= 0.3 is 6.09 Å². The standard InChI is InChI=1S/C15H22N2O4/c1-5-12(16-14(18)21-15(2,3)4)9-11-7-6-8-13(10-11)17(19)20/h6-8,10,12H,5,9H2,1-4H3,(H,16,18)/t12-/m1/s1. The number of nitro groups is 1. The van der Waals surface area contributed by atoms with Crippen molar-refractivity contribution >= 4 is 11.8 Å². The molecule has 0 aliphatic rings. The molecule has 0 unspecified atom stereocenters. The van der Waals surface area contributed by atoms with E-state index in [4.69, 9.17) is 4.74 Å². The number of rotatable bonds is 5. The fourth-order valence-electron chi connectivity index (χ4n) is 1.85. The molecule has 1 aromatic carbocycles. The van der Waals surface area contributed by atoms with Crippen molar-refractivity contribution in [2.45, 2.75) is 52.2 Å². The smallest absolute Gasteiger partial charge is 0.407 e. The van der Waals surface area contributed by atoms with Gasteiger partial charge in [0.25, 0.3) is 5.69 Å². The van der Waals surface area contributed by atoms with Gasteiger partial charge < -0.3 is 10.1 Å². The van der Waals surface area contributed by atoms with E-state index >= 15 is 0 Å². The monoisotopic (exact) mass is 294 g/mol. The third-order valence-corrected chi connectivity index (χ3v) is 2.82. The highest BCUT2D eigenvalue weighted by Gasteiger charge is 2.19. The van der Waals surface area contributed by atoms with Gasteiger partial charge in [-0.3, -0.25) is 10.1 Å². The molecule has 0 radical (unpaired) electrons. The number of ether oxygens (including phenoxy) is 1. The molecule has 1 N–H and O–H groups in total. The number of carbonyl (C=O) groups excluding carboxylic acids is 1. The Kier molecular flexibility index (Phi) is 5.69. The fourth-order valence-corrected chi connectivity index (χ4v) is 1.85. The molecular formula is C15H22N2O4. The fraction of sp³-hybridized carbons (Fsp3) is 0.533. The van der Waals surface area contributed by atoms with Crippen molar-refractivity contribution in [3.05, 3.63) is 39.9 Å². The van der Waals surface area contributed by atoms with E-state index in [0.717, 1.165) is 5.56 Å². The summed E-state index contributed by atoms with van der Waals surface area (Å²) in [6, 6.07) is 6.31. The van der Waals surface area contributed by atoms with Crippen molar-refractivity contribution < 1.29 is 14.5 Å². The number of carbonyl (C=O) groups is 1. The summed E-state index contributed by atoms with van der Waals surface area (Å²) < 4.78 is 5.21. The molecule has 1 aromatic rings. The number of nitro benzene ring substituents is 1. The highest BCUT2D eigenvalue weighted by molar-refractivity contribution is 5.68. The van der Waals surface area contributed by atoms with E-state index in [1.54, 1.807) is 26.8 Å². The first-order chi connectivity index (χ1) is 9.71. The second-order valence-electron chi connectivity index (χ2n) is 5.88. The Morgan fingerprint density at radius 3 is 2.62 bits per heavy atom. The molecule has 6 nitrogen and oxygen atoms in total. The SMILES string of the molecule is CC[C@H](Cc1cccc([N+](=O)[O-])c1)NC(=O)OC(C)(C)C. The Bertz CT molecular complexity index is 509. The summed E-state index contributed by atoms with van der Waals surface area (Å²) in [5.41, 5.74) is 0.320. The maximum absolute atomic E-state index is 11.8. The summed E-state index contributed by atoms with van der Waals surface area (Å²) in [6.45, 7) is 7.34. The maximum Gasteiger partial charge on any atom is 0.407 e. The van der Waals surface area contributed by atoms with Crippen LogP contribution in [0.2, 0.25) is 0 Å². The summed E-state index contributed by atoms with van der Waals surface area (Å²) in [5.74, 6) is 0. The second kappa shape index (κ2) is 7.06. The van der Waals surface area contributed by atoms with E-state index < -0.39 is 16.6 Å². The van der Waals surface area contributed by atoms with Crippen molar-refractivity contribution in [2.75, 3.05) is 0 Å². The molecule has 0 spiro atoms. The van der Waals surface area contributed by atoms with Gasteiger partial charge in [-0.25, -0.2) is 4.79 Å². The van der Waals surface area contributed by atoms with Crippen LogP contribution in [0.3, 0.4) is 0 Å². The Morgan fingerprint density at radius 2 is 2.10 bits per heavy atom. The lowest BCUT2D eigenvalue weighted by molar-refractivity contribution is -0.384. The van der Waals surface area contributed by atoms with Gasteiger partial charge in [-0.2, -0.15) is 0 Å². The van der Waals surface area contributed by atoms with Gasteiger partial charge in [-0.15, -0.1) is 0 Å². The Balaban J connectivity index is 2.68. The zero-order valence-corrected chi connectivity index (χ0v) is 12.9. The number of hydrogen-bond donors (Lipinski definition) is 1. The van der Waals surface area contributed by atoms with Crippen molar-refractivity contribution in [1.29, 1.82) is 0 Å². The van der Waals surface area contributed by atoms with Crippen LogP contribution in [-0.2, 0) is 11.2 Å². The van der Waals surface area contributed by atoms with Gasteiger partial charge in [-0.1, -0.05) is 19.1 Å². The van der Waals surface area contributed by atoms with Gasteiger partial charge in [0.2, 0.25) is 0 Å². The minimum absolute atomic E-state index is 0.0552. The van der Waals surface area contributed by atoms with Crippen LogP contribution in [0, 0.1) is 10.1 Å². The summed E-state index contributed by atoms with van der Waals surface area (Å²) in [7, 11) is 0. The van der Waals surface area contributed by atoms with Crippen LogP contribution in [0.5, 0.6) is 0 Å². The summed E-state index contributed by atoms with van der Waals surface area (Å²) in [6.07, 6.45) is 0.763. The van der Waals surface area contributed by atoms with Crippen LogP contribution < -0.4 is 5.32 Å². The molecule has 0 fully saturated rings. The Labute approximate surface area is 124 Å². The summed E-state index contributed by atoms with van der Waals surface area (Å²) in [4.78, 5) is 22.1. The molecule has 0 aliphatic heterocycles. The van der Waals surface area contributed by atoms with Crippen molar-refractivity contribution in [3.8, 4) is 0 Å². The van der Waals surface area contributed by atoms with Crippen LogP contribution in [0.15, 0.2) is 24.3 Å². The lowest BCUT2D eigenvalue weighted by atomic mass is 10.0. The van der Waals surface area contributed by atoms with E-state index in [2.05, 4.69) is 5.32 Å². The maximum atomic E-state index is 11.8. The zero-order valence-electron chi connectivity index (χ0n) is 12.9. The molecular weight excluding hydrogens is 272 g/mol. The average Bonchev–Trinajstić information content (AvgIpc) is 2.36. The minimum Gasteiger partial charge on any atom is -0.444 e. The molecule has 1 atom stereocenters. The molecule has 1 amide bonds. The van der Waals surface area contributed by atoms with Gasteiger partial charge in [0.1, 0.15) is 5.60 Å². The lowest BCUT2D eigenvalue weighted by Gasteiger charge is -2.23. The molecule has 6 heteroatoms. The second-order valence-corrected chi connectivity index (χ2v) is 5.88. The minimum atomic E-state index is -0.548. The number of nitrogens with one attached hydrogen (secondary N) is 1. The first-order valence-electron chi connectivity index (χ1n) is 6.94. The number of amides is 1. The largest absolute Gasteiger partial charge is 0.444 e. The van der Waals surface area contributed by atoms with Gasteiger partial charge in [0.05, 0.1) is 4.92 Å². The molecule has 116 valence electrons. The van der Waals surface area contributed by atoms with E-state index in [1.807, 2.05) is 13.0 Å². The van der Waals surface area contributed by atoms with Crippen LogP contribution in [0.4, 0.5) is 10.5 Å². The number of alkyl carbamates (subject to hydrolysis) is 1. The van der Waals surface area contributed by atoms with E-state index in [1.165, 1.54) is 12.1 Å². The van der Waals surface area contributed by atoms with Crippen molar-refractivity contribution in [2.24, 2.45) is 0 Å². The van der Waals surface area contributed by atoms with Crippen LogP contribution in [0.25, 0.3) is 0 Å². The van der Waals surface area contributed by atoms with Crippen molar-refractivity contribution in [1.82, 2.24) is 5.32 Å². The first kappa shape index (κ1) is 16.9. The van der Waals surface area contributed by atoms with Gasteiger partial charge in [0, 0.05) is 18.2 Å². The number of non-ortho nitro benzene ring substituents is 1. The molecule has 0 heterocycles. The van der Waals surface area contributed by atoms with Crippen LogP contribution in [0.1, 0.15) is 39.7 Å². The molecule has 0 aromatic heterocycles. The third kappa shape index (κ3) is 6.25. The Hall–Kier alpha value is -2.11. The topological polar surface area (TPSA) is 81.5 Å². The number of hydrogen-bond acceptors (Lipinski definition) is 4. The quantitative estimate of drug-likeness (QED) is 0.666. The van der Waals surface area contributed by atoms with E-state index in [9.17, 15) is 14.9 Å². The summed E-state index contributed by atoms with van der Waals surface area (Å²) >= 11 is 0. The van der Waals surface area contributed by atoms with Gasteiger partial charge in [0.15, 0.2) is 0 Å². The van der Waals surface area contributed by atoms with E-state index in [-0.39, 0.29) is 11.7 Å². The highest BCUT2D eigenvalue weighted by atomic mass is 16.6. The predicted molar refractivity (Wildman–Crippen MR) is 80.2 cm³/mol. The summed E-state index contributed by atoms with van der Waals surface area (Å²) in [5, 5.41) is 13.5. The average molecular weight is 294 g/mol. The number of nitrogens with zero attached hydrogens (tertiary/aromatic N) is 1. The Morgan fingerprint density at radius 1 is 1.43 bits per heavy atom. The third-order valence-electron chi connectivity index (χ3n) is 2.82. The van der Waals surface area contributed by atoms with Crippen LogP contribution >= 0.6 is 0 Å². The molecule has 1 rings (SSSR count). The van der Waals surface area contributed by atoms with Crippen LogP contribution in [-0.4, -0.2) is 22.7 Å². The van der Waals surface area contributed by atoms with Gasteiger partial charge in [-0.05, 0) is 39.2 Å². The normalized spacial score (nSPS) is 12.6. The molecule has 0 aliphatic carbocycles. The molecule has 0 bridgehead atoms. The zero-order chi connectivity index (χ0) is 16.0. The molecule has 0 saturated heterocycles. The highest BCUT2D eigenvalue weighted by Crippen LogP contribution is 2.15. The van der Waals surface area contributed by atoms with E-state index in [0.29, 0.717) is 12.8 Å². The lowest BCUT2D eigenvalue weighted by Crippen LogP contribution is -2.39. The first-order valence-corrected chi connectivity index (χ1v) is 6.94. The molecule has 0 saturated carbocycles. The predicted octanol–water partition coefficient (Wildman–Crippen LogP) is 3.44. The molecule has 21 heavy (non-hydrogen) atoms. The number of benzene rings is 1.